The summed E-state index contributed by atoms with van der Waals surface area (Å²) in [6.07, 6.45) is 2.12. The molecular formula is C25H33N3O3. The number of carbonyl (C=O) groups excluding carboxylic acids is 2. The van der Waals surface area contributed by atoms with Crippen LogP contribution in [-0.2, 0) is 4.79 Å². The van der Waals surface area contributed by atoms with Gasteiger partial charge in [0.25, 0.3) is 5.91 Å². The number of para-hydroxylation sites is 2. The Morgan fingerprint density at radius 3 is 2.42 bits per heavy atom. The van der Waals surface area contributed by atoms with Crippen molar-refractivity contribution in [2.45, 2.75) is 33.6 Å². The zero-order chi connectivity index (χ0) is 22.2. The number of anilines is 2. The number of rotatable bonds is 8. The highest BCUT2D eigenvalue weighted by atomic mass is 16.5. The highest BCUT2D eigenvalue weighted by Gasteiger charge is 2.21. The molecule has 166 valence electrons. The molecule has 0 saturated carbocycles. The lowest BCUT2D eigenvalue weighted by atomic mass is 9.98. The van der Waals surface area contributed by atoms with Crippen LogP contribution in [-0.4, -0.2) is 43.0 Å². The first-order valence-corrected chi connectivity index (χ1v) is 11.1. The number of piperidine rings is 1. The Labute approximate surface area is 185 Å². The van der Waals surface area contributed by atoms with Crippen molar-refractivity contribution in [3.63, 3.8) is 0 Å². The van der Waals surface area contributed by atoms with E-state index in [1.165, 1.54) is 0 Å². The number of nitrogens with zero attached hydrogens (tertiary/aromatic N) is 1. The predicted octanol–water partition coefficient (Wildman–Crippen LogP) is 4.64. The Balaban J connectivity index is 1.50. The molecule has 2 aromatic carbocycles. The van der Waals surface area contributed by atoms with Gasteiger partial charge in [0.1, 0.15) is 5.75 Å². The SMILES string of the molecule is CC(C)COc1ccccc1NC(=O)CNc1ccc(C(=O)N2CCC(C)CC2)cc1. The minimum absolute atomic E-state index is 0.0780. The van der Waals surface area contributed by atoms with Gasteiger partial charge in [-0.05, 0) is 61.1 Å². The molecule has 0 aromatic heterocycles. The smallest absolute Gasteiger partial charge is 0.253 e. The number of hydrogen-bond acceptors (Lipinski definition) is 4. The van der Waals surface area contributed by atoms with Gasteiger partial charge in [-0.2, -0.15) is 0 Å². The quantitative estimate of drug-likeness (QED) is 0.649. The van der Waals surface area contributed by atoms with Crippen LogP contribution in [0.5, 0.6) is 5.75 Å². The minimum atomic E-state index is -0.164. The van der Waals surface area contributed by atoms with E-state index in [1.807, 2.05) is 53.4 Å². The summed E-state index contributed by atoms with van der Waals surface area (Å²) in [5.74, 6) is 1.67. The molecular weight excluding hydrogens is 390 g/mol. The molecule has 0 bridgehead atoms. The molecule has 0 spiro atoms. The molecule has 6 nitrogen and oxygen atoms in total. The summed E-state index contributed by atoms with van der Waals surface area (Å²) in [6.45, 7) is 8.75. The van der Waals surface area contributed by atoms with E-state index < -0.39 is 0 Å². The van der Waals surface area contributed by atoms with Crippen molar-refractivity contribution in [2.24, 2.45) is 11.8 Å². The summed E-state index contributed by atoms with van der Waals surface area (Å²) >= 11 is 0. The lowest BCUT2D eigenvalue weighted by Crippen LogP contribution is -2.37. The molecule has 0 atom stereocenters. The Morgan fingerprint density at radius 2 is 1.74 bits per heavy atom. The zero-order valence-corrected chi connectivity index (χ0v) is 18.7. The van der Waals surface area contributed by atoms with E-state index in [0.29, 0.717) is 35.4 Å². The number of nitrogens with one attached hydrogen (secondary N) is 2. The number of benzene rings is 2. The molecule has 0 unspecified atom stereocenters. The molecule has 1 aliphatic rings. The summed E-state index contributed by atoms with van der Waals surface area (Å²) in [5, 5.41) is 6.00. The topological polar surface area (TPSA) is 70.7 Å². The van der Waals surface area contributed by atoms with Gasteiger partial charge < -0.3 is 20.3 Å². The van der Waals surface area contributed by atoms with Gasteiger partial charge >= 0.3 is 0 Å². The van der Waals surface area contributed by atoms with Crippen molar-refractivity contribution in [3.8, 4) is 5.75 Å². The number of hydrogen-bond donors (Lipinski definition) is 2. The van der Waals surface area contributed by atoms with Gasteiger partial charge in [0.15, 0.2) is 0 Å². The molecule has 2 aromatic rings. The Hall–Kier alpha value is -3.02. The maximum absolute atomic E-state index is 12.6. The summed E-state index contributed by atoms with van der Waals surface area (Å²) < 4.78 is 5.78. The maximum atomic E-state index is 12.6. The minimum Gasteiger partial charge on any atom is -0.491 e. The van der Waals surface area contributed by atoms with Gasteiger partial charge in [0.2, 0.25) is 5.91 Å². The third kappa shape index (κ3) is 6.74. The molecule has 2 amide bonds. The van der Waals surface area contributed by atoms with Gasteiger partial charge in [0.05, 0.1) is 18.8 Å². The number of amides is 2. The van der Waals surface area contributed by atoms with Gasteiger partial charge in [-0.25, -0.2) is 0 Å². The highest BCUT2D eigenvalue weighted by Crippen LogP contribution is 2.24. The third-order valence-corrected chi connectivity index (χ3v) is 5.39. The highest BCUT2D eigenvalue weighted by molar-refractivity contribution is 5.96. The van der Waals surface area contributed by atoms with E-state index in [4.69, 9.17) is 4.74 Å². The maximum Gasteiger partial charge on any atom is 0.253 e. The van der Waals surface area contributed by atoms with Gasteiger partial charge in [0, 0.05) is 24.3 Å². The molecule has 1 saturated heterocycles. The van der Waals surface area contributed by atoms with Crippen molar-refractivity contribution < 1.29 is 14.3 Å². The molecule has 1 aliphatic heterocycles. The molecule has 31 heavy (non-hydrogen) atoms. The molecule has 0 aliphatic carbocycles. The number of ether oxygens (including phenoxy) is 1. The standard InChI is InChI=1S/C25H33N3O3/c1-18(2)17-31-23-7-5-4-6-22(23)27-24(29)16-26-21-10-8-20(9-11-21)25(30)28-14-12-19(3)13-15-28/h4-11,18-19,26H,12-17H2,1-3H3,(H,27,29). The van der Waals surface area contributed by atoms with E-state index >= 15 is 0 Å². The first-order chi connectivity index (χ1) is 14.9. The first-order valence-electron chi connectivity index (χ1n) is 11.1. The normalized spacial score (nSPS) is 14.4. The second-order valence-electron chi connectivity index (χ2n) is 8.65. The average Bonchev–Trinajstić information content (AvgIpc) is 2.77. The van der Waals surface area contributed by atoms with Crippen molar-refractivity contribution in [1.82, 2.24) is 4.90 Å². The van der Waals surface area contributed by atoms with E-state index in [2.05, 4.69) is 31.4 Å². The number of likely N-dealkylation sites (tertiary alicyclic amines) is 1. The predicted molar refractivity (Wildman–Crippen MR) is 125 cm³/mol. The monoisotopic (exact) mass is 423 g/mol. The van der Waals surface area contributed by atoms with Gasteiger partial charge in [-0.15, -0.1) is 0 Å². The Kier molecular flexibility index (Phi) is 7.93. The lowest BCUT2D eigenvalue weighted by Gasteiger charge is -2.30. The lowest BCUT2D eigenvalue weighted by molar-refractivity contribution is -0.114. The zero-order valence-electron chi connectivity index (χ0n) is 18.7. The summed E-state index contributed by atoms with van der Waals surface area (Å²) in [4.78, 5) is 27.0. The molecule has 6 heteroatoms. The van der Waals surface area contributed by atoms with Crippen LogP contribution in [0, 0.1) is 11.8 Å². The van der Waals surface area contributed by atoms with Crippen molar-refractivity contribution in [1.29, 1.82) is 0 Å². The second kappa shape index (κ2) is 10.8. The molecule has 1 fully saturated rings. The summed E-state index contributed by atoms with van der Waals surface area (Å²) in [7, 11) is 0. The van der Waals surface area contributed by atoms with E-state index in [1.54, 1.807) is 0 Å². The molecule has 2 N–H and O–H groups in total. The van der Waals surface area contributed by atoms with E-state index in [-0.39, 0.29) is 18.4 Å². The average molecular weight is 424 g/mol. The fourth-order valence-electron chi connectivity index (χ4n) is 3.45. The molecule has 3 rings (SSSR count). The first kappa shape index (κ1) is 22.7. The second-order valence-corrected chi connectivity index (χ2v) is 8.65. The van der Waals surface area contributed by atoms with Crippen LogP contribution in [0.4, 0.5) is 11.4 Å². The van der Waals surface area contributed by atoms with Crippen molar-refractivity contribution in [2.75, 3.05) is 36.9 Å². The molecule has 0 radical (unpaired) electrons. The Bertz CT molecular complexity index is 872. The Morgan fingerprint density at radius 1 is 1.06 bits per heavy atom. The summed E-state index contributed by atoms with van der Waals surface area (Å²) in [6, 6.07) is 14.7. The third-order valence-electron chi connectivity index (χ3n) is 5.39. The van der Waals surface area contributed by atoms with Crippen LogP contribution < -0.4 is 15.4 Å². The van der Waals surface area contributed by atoms with Crippen LogP contribution in [0.1, 0.15) is 44.0 Å². The fourth-order valence-corrected chi connectivity index (χ4v) is 3.45. The summed E-state index contributed by atoms with van der Waals surface area (Å²) in [5.41, 5.74) is 2.14. The van der Waals surface area contributed by atoms with Crippen molar-refractivity contribution in [3.05, 3.63) is 54.1 Å². The number of carbonyl (C=O) groups is 2. The van der Waals surface area contributed by atoms with Gasteiger partial charge in [-0.1, -0.05) is 32.9 Å². The van der Waals surface area contributed by atoms with Crippen LogP contribution in [0.15, 0.2) is 48.5 Å². The van der Waals surface area contributed by atoms with Gasteiger partial charge in [-0.3, -0.25) is 9.59 Å². The fraction of sp³-hybridized carbons (Fsp3) is 0.440. The van der Waals surface area contributed by atoms with E-state index in [0.717, 1.165) is 31.6 Å². The van der Waals surface area contributed by atoms with Crippen LogP contribution in [0.2, 0.25) is 0 Å². The molecule has 1 heterocycles. The van der Waals surface area contributed by atoms with Crippen LogP contribution >= 0.6 is 0 Å². The van der Waals surface area contributed by atoms with Crippen LogP contribution in [0.3, 0.4) is 0 Å². The van der Waals surface area contributed by atoms with Crippen molar-refractivity contribution >= 4 is 23.2 Å². The van der Waals surface area contributed by atoms with E-state index in [9.17, 15) is 9.59 Å². The largest absolute Gasteiger partial charge is 0.491 e. The van der Waals surface area contributed by atoms with Crippen LogP contribution in [0.25, 0.3) is 0 Å².